The van der Waals surface area contributed by atoms with Crippen LogP contribution in [0.4, 0.5) is 5.82 Å². The summed E-state index contributed by atoms with van der Waals surface area (Å²) in [7, 11) is 2.17. The van der Waals surface area contributed by atoms with E-state index in [4.69, 9.17) is 10.8 Å². The first-order chi connectivity index (χ1) is 21.2. The predicted octanol–water partition coefficient (Wildman–Crippen LogP) is 0.619. The third-order valence-corrected chi connectivity index (χ3v) is 8.23. The molecule has 4 rings (SSSR count). The second kappa shape index (κ2) is 15.8. The number of aromatic hydroxyl groups is 1. The van der Waals surface area contributed by atoms with Crippen molar-refractivity contribution in [2.45, 2.75) is 44.4 Å². The number of aromatic nitrogens is 1. The van der Waals surface area contributed by atoms with Crippen LogP contribution in [0.25, 0.3) is 0 Å². The third-order valence-electron chi connectivity index (χ3n) is 8.23. The summed E-state index contributed by atoms with van der Waals surface area (Å²) in [5, 5.41) is 13.8. The van der Waals surface area contributed by atoms with Gasteiger partial charge in [0, 0.05) is 70.7 Å². The van der Waals surface area contributed by atoms with Crippen molar-refractivity contribution in [3.8, 4) is 5.75 Å². The molecule has 2 saturated heterocycles. The van der Waals surface area contributed by atoms with Crippen LogP contribution in [0.1, 0.15) is 24.6 Å². The molecule has 4 N–H and O–H groups in total. The van der Waals surface area contributed by atoms with Crippen molar-refractivity contribution in [1.82, 2.24) is 30.0 Å². The maximum absolute atomic E-state index is 14.0. The molecule has 44 heavy (non-hydrogen) atoms. The lowest BCUT2D eigenvalue weighted by atomic mass is 10.0. The number of nitrogens with two attached hydrogens (primary N) is 1. The number of carbonyl (C=O) groups is 3. The SMILES string of the molecule is C=CCN(N)CC(=O)N[C@@H](Cc1ccc(O)cc1)C(=O)N(CCC=O)Cc1cccc(N2CC(N3CCN(C)C[C@@H]3C)C2)n1. The van der Waals surface area contributed by atoms with Crippen LogP contribution in [0.5, 0.6) is 5.75 Å². The number of likely N-dealkylation sites (N-methyl/N-ethyl adjacent to an activating group) is 1. The Labute approximate surface area is 260 Å². The Morgan fingerprint density at radius 3 is 2.61 bits per heavy atom. The number of anilines is 1. The Hall–Kier alpha value is -3.84. The van der Waals surface area contributed by atoms with Crippen LogP contribution in [0.15, 0.2) is 55.1 Å². The summed E-state index contributed by atoms with van der Waals surface area (Å²) in [6, 6.07) is 12.4. The summed E-state index contributed by atoms with van der Waals surface area (Å²) in [5.74, 6) is 6.10. The molecule has 2 atom stereocenters. The van der Waals surface area contributed by atoms with Gasteiger partial charge in [-0.25, -0.2) is 9.99 Å². The zero-order valence-electron chi connectivity index (χ0n) is 25.8. The highest BCUT2D eigenvalue weighted by Crippen LogP contribution is 2.25. The molecule has 12 nitrogen and oxygen atoms in total. The fourth-order valence-corrected chi connectivity index (χ4v) is 5.89. The number of rotatable bonds is 15. The van der Waals surface area contributed by atoms with E-state index < -0.39 is 11.9 Å². The van der Waals surface area contributed by atoms with E-state index in [1.54, 1.807) is 23.1 Å². The van der Waals surface area contributed by atoms with Crippen LogP contribution in [0.2, 0.25) is 0 Å². The van der Waals surface area contributed by atoms with Gasteiger partial charge in [-0.1, -0.05) is 24.3 Å². The van der Waals surface area contributed by atoms with Crippen LogP contribution >= 0.6 is 0 Å². The van der Waals surface area contributed by atoms with Crippen molar-refractivity contribution >= 4 is 23.9 Å². The zero-order chi connectivity index (χ0) is 31.6. The number of aldehydes is 1. The van der Waals surface area contributed by atoms with Crippen LogP contribution in [0.3, 0.4) is 0 Å². The Kier molecular flexibility index (Phi) is 11.8. The summed E-state index contributed by atoms with van der Waals surface area (Å²) in [4.78, 5) is 51.8. The van der Waals surface area contributed by atoms with Gasteiger partial charge >= 0.3 is 0 Å². The summed E-state index contributed by atoms with van der Waals surface area (Å²) < 4.78 is 0. The molecule has 0 saturated carbocycles. The molecular weight excluding hydrogens is 560 g/mol. The van der Waals surface area contributed by atoms with Gasteiger partial charge in [-0.05, 0) is 43.8 Å². The third kappa shape index (κ3) is 9.08. The molecule has 1 aromatic carbocycles. The number of phenols is 1. The fraction of sp³-hybridized carbons (Fsp3) is 0.500. The van der Waals surface area contributed by atoms with E-state index >= 15 is 0 Å². The number of carbonyl (C=O) groups excluding carboxylic acids is 3. The van der Waals surface area contributed by atoms with Crippen molar-refractivity contribution in [3.05, 3.63) is 66.4 Å². The molecule has 0 radical (unpaired) electrons. The summed E-state index contributed by atoms with van der Waals surface area (Å²) in [6.07, 6.45) is 2.71. The van der Waals surface area contributed by atoms with Crippen LogP contribution < -0.4 is 16.1 Å². The first kappa shape index (κ1) is 33.1. The normalized spacial score (nSPS) is 18.5. The second-order valence-corrected chi connectivity index (χ2v) is 11.8. The molecule has 0 bridgehead atoms. The molecule has 12 heteroatoms. The number of hydrogen-bond donors (Lipinski definition) is 3. The molecule has 1 aromatic heterocycles. The highest BCUT2D eigenvalue weighted by atomic mass is 16.3. The lowest BCUT2D eigenvalue weighted by Gasteiger charge is -2.51. The van der Waals surface area contributed by atoms with E-state index in [-0.39, 0.29) is 44.1 Å². The highest BCUT2D eigenvalue weighted by molar-refractivity contribution is 5.88. The largest absolute Gasteiger partial charge is 0.508 e. The van der Waals surface area contributed by atoms with Gasteiger partial charge in [0.05, 0.1) is 18.8 Å². The van der Waals surface area contributed by atoms with Gasteiger partial charge < -0.3 is 29.9 Å². The minimum absolute atomic E-state index is 0.106. The van der Waals surface area contributed by atoms with E-state index in [9.17, 15) is 19.5 Å². The van der Waals surface area contributed by atoms with E-state index in [2.05, 4.69) is 40.6 Å². The van der Waals surface area contributed by atoms with Gasteiger partial charge in [-0.3, -0.25) is 20.3 Å². The smallest absolute Gasteiger partial charge is 0.245 e. The molecule has 2 fully saturated rings. The minimum atomic E-state index is -0.916. The van der Waals surface area contributed by atoms with Crippen molar-refractivity contribution in [3.63, 3.8) is 0 Å². The van der Waals surface area contributed by atoms with Crippen LogP contribution in [-0.4, -0.2) is 125 Å². The average molecular weight is 607 g/mol. The average Bonchev–Trinajstić information content (AvgIpc) is 2.96. The van der Waals surface area contributed by atoms with E-state index in [0.29, 0.717) is 24.3 Å². The molecule has 0 aliphatic carbocycles. The molecule has 238 valence electrons. The predicted molar refractivity (Wildman–Crippen MR) is 170 cm³/mol. The van der Waals surface area contributed by atoms with E-state index in [1.807, 2.05) is 18.2 Å². The standard InChI is InChI=1S/C32H46N8O4/c1-4-13-39(33)23-31(43)35-29(18-25-9-11-28(42)12-10-25)32(44)37(14-6-17-41)20-26-7-5-8-30(34-26)38-21-27(22-38)40-16-15-36(3)19-24(40)2/h4-5,7-12,17,24,27,29,42H,1,6,13-16,18-23,33H2,2-3H3,(H,35,43)/t24-,29-/m0/s1. The number of phenolic OH excluding ortho intramolecular Hbond substituents is 1. The number of nitrogens with zero attached hydrogens (tertiary/aromatic N) is 6. The fourth-order valence-electron chi connectivity index (χ4n) is 5.89. The molecule has 0 unspecified atom stereocenters. The van der Waals surface area contributed by atoms with Gasteiger partial charge in [0.2, 0.25) is 11.8 Å². The lowest BCUT2D eigenvalue weighted by molar-refractivity contribution is -0.137. The van der Waals surface area contributed by atoms with Crippen molar-refractivity contribution in [2.24, 2.45) is 5.84 Å². The number of benzene rings is 1. The Bertz CT molecular complexity index is 1270. The van der Waals surface area contributed by atoms with Crippen LogP contribution in [0, 0.1) is 0 Å². The number of nitrogens with one attached hydrogen (secondary N) is 1. The number of hydrogen-bond acceptors (Lipinski definition) is 10. The molecule has 2 aliphatic rings. The number of hydrazine groups is 1. The van der Waals surface area contributed by atoms with Gasteiger partial charge in [-0.15, -0.1) is 6.58 Å². The van der Waals surface area contributed by atoms with Gasteiger partial charge in [0.1, 0.15) is 23.9 Å². The summed E-state index contributed by atoms with van der Waals surface area (Å²) in [6.45, 7) is 11.5. The van der Waals surface area contributed by atoms with E-state index in [1.165, 1.54) is 17.1 Å². The molecule has 3 heterocycles. The maximum Gasteiger partial charge on any atom is 0.245 e. The first-order valence-corrected chi connectivity index (χ1v) is 15.2. The van der Waals surface area contributed by atoms with Crippen molar-refractivity contribution < 1.29 is 19.5 Å². The Morgan fingerprint density at radius 2 is 1.93 bits per heavy atom. The number of amides is 2. The highest BCUT2D eigenvalue weighted by Gasteiger charge is 2.37. The van der Waals surface area contributed by atoms with Gasteiger partial charge in [0.15, 0.2) is 0 Å². The monoisotopic (exact) mass is 606 g/mol. The topological polar surface area (TPSA) is 139 Å². The Balaban J connectivity index is 1.46. The Morgan fingerprint density at radius 1 is 1.18 bits per heavy atom. The summed E-state index contributed by atoms with van der Waals surface area (Å²) >= 11 is 0. The summed E-state index contributed by atoms with van der Waals surface area (Å²) in [5.41, 5.74) is 1.46. The quantitative estimate of drug-likeness (QED) is 0.114. The van der Waals surface area contributed by atoms with Crippen molar-refractivity contribution in [2.75, 3.05) is 64.3 Å². The lowest BCUT2D eigenvalue weighted by Crippen LogP contribution is -2.65. The zero-order valence-corrected chi connectivity index (χ0v) is 25.8. The minimum Gasteiger partial charge on any atom is -0.508 e. The second-order valence-electron chi connectivity index (χ2n) is 11.8. The molecule has 2 amide bonds. The number of piperazine rings is 1. The first-order valence-electron chi connectivity index (χ1n) is 15.2. The number of pyridine rings is 1. The molecular formula is C32H46N8O4. The molecule has 2 aliphatic heterocycles. The maximum atomic E-state index is 14.0. The van der Waals surface area contributed by atoms with E-state index in [0.717, 1.165) is 50.4 Å². The molecule has 0 spiro atoms. The van der Waals surface area contributed by atoms with Gasteiger partial charge in [0.25, 0.3) is 0 Å². The molecule has 2 aromatic rings. The van der Waals surface area contributed by atoms with Gasteiger partial charge in [-0.2, -0.15) is 0 Å². The van der Waals surface area contributed by atoms with Crippen molar-refractivity contribution in [1.29, 1.82) is 0 Å². The van der Waals surface area contributed by atoms with Crippen LogP contribution in [-0.2, 0) is 27.3 Å².